The molecule has 0 fully saturated rings. The molecular formula is C11H14BrNO2. The first-order chi connectivity index (χ1) is 7.19. The molecule has 0 heterocycles. The number of carbonyl (C=O) groups excluding carboxylic acids is 1. The van der Waals surface area contributed by atoms with Gasteiger partial charge in [-0.15, -0.1) is 0 Å². The average molecular weight is 272 g/mol. The van der Waals surface area contributed by atoms with Gasteiger partial charge >= 0.3 is 0 Å². The van der Waals surface area contributed by atoms with Gasteiger partial charge in [-0.05, 0) is 25.1 Å². The zero-order valence-corrected chi connectivity index (χ0v) is 10.2. The maximum atomic E-state index is 11.9. The number of hydrogen-bond acceptors (Lipinski definition) is 2. The topological polar surface area (TPSA) is 40.5 Å². The molecule has 0 aliphatic rings. The van der Waals surface area contributed by atoms with E-state index in [4.69, 9.17) is 0 Å². The number of hydrogen-bond donors (Lipinski definition) is 1. The fraction of sp³-hybridized carbons (Fsp3) is 0.364. The molecule has 0 aliphatic carbocycles. The Hall–Kier alpha value is -1.03. The molecule has 1 aromatic carbocycles. The lowest BCUT2D eigenvalue weighted by atomic mass is 10.2. The second-order valence-corrected chi connectivity index (χ2v) is 3.92. The zero-order valence-electron chi connectivity index (χ0n) is 8.61. The number of aromatic hydroxyl groups is 1. The molecule has 4 heteroatoms. The molecule has 15 heavy (non-hydrogen) atoms. The Bertz CT molecular complexity index is 341. The van der Waals surface area contributed by atoms with Gasteiger partial charge in [0.25, 0.3) is 5.91 Å². The molecule has 1 amide bonds. The number of benzene rings is 1. The van der Waals surface area contributed by atoms with Crippen LogP contribution in [0.1, 0.15) is 17.3 Å². The molecule has 0 saturated carbocycles. The van der Waals surface area contributed by atoms with Crippen molar-refractivity contribution in [2.24, 2.45) is 0 Å². The number of phenolic OH excluding ortho intramolecular Hbond substituents is 1. The number of amides is 1. The van der Waals surface area contributed by atoms with Crippen molar-refractivity contribution in [1.82, 2.24) is 4.90 Å². The van der Waals surface area contributed by atoms with Crippen LogP contribution in [0.3, 0.4) is 0 Å². The zero-order chi connectivity index (χ0) is 11.3. The summed E-state index contributed by atoms with van der Waals surface area (Å²) in [5, 5.41) is 10.0. The van der Waals surface area contributed by atoms with Crippen molar-refractivity contribution in [2.45, 2.75) is 6.92 Å². The fourth-order valence-electron chi connectivity index (χ4n) is 1.33. The van der Waals surface area contributed by atoms with Gasteiger partial charge in [-0.3, -0.25) is 4.79 Å². The number of carbonyl (C=O) groups is 1. The largest absolute Gasteiger partial charge is 0.508 e. The Balaban J connectivity index is 2.82. The van der Waals surface area contributed by atoms with Gasteiger partial charge in [0, 0.05) is 24.0 Å². The number of phenols is 1. The Morgan fingerprint density at radius 3 is 2.80 bits per heavy atom. The smallest absolute Gasteiger partial charge is 0.254 e. The summed E-state index contributed by atoms with van der Waals surface area (Å²) in [6, 6.07) is 6.42. The highest BCUT2D eigenvalue weighted by Gasteiger charge is 2.13. The van der Waals surface area contributed by atoms with Gasteiger partial charge in [0.05, 0.1) is 0 Å². The third kappa shape index (κ3) is 3.23. The minimum atomic E-state index is -0.0483. The van der Waals surface area contributed by atoms with Crippen molar-refractivity contribution in [3.05, 3.63) is 29.8 Å². The van der Waals surface area contributed by atoms with Gasteiger partial charge in [-0.2, -0.15) is 0 Å². The van der Waals surface area contributed by atoms with Gasteiger partial charge in [-0.25, -0.2) is 0 Å². The van der Waals surface area contributed by atoms with E-state index in [9.17, 15) is 9.90 Å². The van der Waals surface area contributed by atoms with E-state index in [1.165, 1.54) is 6.07 Å². The first kappa shape index (κ1) is 12.0. The van der Waals surface area contributed by atoms with E-state index in [0.29, 0.717) is 18.7 Å². The van der Waals surface area contributed by atoms with Crippen molar-refractivity contribution < 1.29 is 9.90 Å². The molecular weight excluding hydrogens is 258 g/mol. The molecule has 0 spiro atoms. The minimum Gasteiger partial charge on any atom is -0.508 e. The quantitative estimate of drug-likeness (QED) is 0.854. The molecule has 0 radical (unpaired) electrons. The van der Waals surface area contributed by atoms with Crippen LogP contribution < -0.4 is 0 Å². The van der Waals surface area contributed by atoms with E-state index < -0.39 is 0 Å². The summed E-state index contributed by atoms with van der Waals surface area (Å²) in [5.74, 6) is 0.0728. The second kappa shape index (κ2) is 5.75. The predicted octanol–water partition coefficient (Wildman–Crippen LogP) is 2.25. The first-order valence-corrected chi connectivity index (χ1v) is 5.95. The highest BCUT2D eigenvalue weighted by Crippen LogP contribution is 2.13. The summed E-state index contributed by atoms with van der Waals surface area (Å²) in [4.78, 5) is 13.6. The summed E-state index contributed by atoms with van der Waals surface area (Å²) in [6.45, 7) is 3.27. The molecule has 0 saturated heterocycles. The maximum absolute atomic E-state index is 11.9. The van der Waals surface area contributed by atoms with Crippen LogP contribution in [0.2, 0.25) is 0 Å². The summed E-state index contributed by atoms with van der Waals surface area (Å²) in [6.07, 6.45) is 0. The average Bonchev–Trinajstić information content (AvgIpc) is 2.25. The Labute approximate surface area is 97.8 Å². The van der Waals surface area contributed by atoms with E-state index in [1.807, 2.05) is 6.92 Å². The number of halogens is 1. The lowest BCUT2D eigenvalue weighted by Crippen LogP contribution is -2.32. The summed E-state index contributed by atoms with van der Waals surface area (Å²) in [5.41, 5.74) is 0.526. The summed E-state index contributed by atoms with van der Waals surface area (Å²) in [7, 11) is 0. The van der Waals surface area contributed by atoms with Crippen LogP contribution in [-0.2, 0) is 0 Å². The normalized spacial score (nSPS) is 10.0. The Morgan fingerprint density at radius 2 is 2.27 bits per heavy atom. The number of alkyl halides is 1. The molecule has 3 nitrogen and oxygen atoms in total. The van der Waals surface area contributed by atoms with Crippen molar-refractivity contribution >= 4 is 21.8 Å². The number of nitrogens with zero attached hydrogens (tertiary/aromatic N) is 1. The van der Waals surface area contributed by atoms with Gasteiger partial charge in [0.2, 0.25) is 0 Å². The lowest BCUT2D eigenvalue weighted by Gasteiger charge is -2.19. The van der Waals surface area contributed by atoms with E-state index in [-0.39, 0.29) is 11.7 Å². The van der Waals surface area contributed by atoms with Crippen LogP contribution in [0.15, 0.2) is 24.3 Å². The van der Waals surface area contributed by atoms with Crippen molar-refractivity contribution in [3.63, 3.8) is 0 Å². The minimum absolute atomic E-state index is 0.0483. The monoisotopic (exact) mass is 271 g/mol. The van der Waals surface area contributed by atoms with E-state index in [0.717, 1.165) is 5.33 Å². The SMILES string of the molecule is CCN(CCBr)C(=O)c1cccc(O)c1. The Kier molecular flexibility index (Phi) is 4.62. The number of rotatable bonds is 4. The standard InChI is InChI=1S/C11H14BrNO2/c1-2-13(7-6-12)11(15)9-4-3-5-10(14)8-9/h3-5,8,14H,2,6-7H2,1H3. The molecule has 0 bridgehead atoms. The molecule has 1 N–H and O–H groups in total. The molecule has 1 aromatic rings. The maximum Gasteiger partial charge on any atom is 0.254 e. The highest BCUT2D eigenvalue weighted by molar-refractivity contribution is 9.09. The van der Waals surface area contributed by atoms with Crippen molar-refractivity contribution in [1.29, 1.82) is 0 Å². The predicted molar refractivity (Wildman–Crippen MR) is 63.5 cm³/mol. The first-order valence-electron chi connectivity index (χ1n) is 4.83. The van der Waals surface area contributed by atoms with Gasteiger partial charge in [-0.1, -0.05) is 22.0 Å². The molecule has 0 aliphatic heterocycles. The highest BCUT2D eigenvalue weighted by atomic mass is 79.9. The molecule has 0 unspecified atom stereocenters. The summed E-state index contributed by atoms with van der Waals surface area (Å²) >= 11 is 3.30. The van der Waals surface area contributed by atoms with Crippen LogP contribution >= 0.6 is 15.9 Å². The molecule has 1 rings (SSSR count). The second-order valence-electron chi connectivity index (χ2n) is 3.12. The fourth-order valence-corrected chi connectivity index (χ4v) is 1.75. The van der Waals surface area contributed by atoms with Crippen LogP contribution in [0.4, 0.5) is 0 Å². The van der Waals surface area contributed by atoms with Gasteiger partial charge in [0.15, 0.2) is 0 Å². The molecule has 82 valence electrons. The van der Waals surface area contributed by atoms with Gasteiger partial charge in [0.1, 0.15) is 5.75 Å². The molecule has 0 atom stereocenters. The Morgan fingerprint density at radius 1 is 1.53 bits per heavy atom. The third-order valence-electron chi connectivity index (χ3n) is 2.12. The van der Waals surface area contributed by atoms with Crippen molar-refractivity contribution in [2.75, 3.05) is 18.4 Å². The molecule has 0 aromatic heterocycles. The van der Waals surface area contributed by atoms with Gasteiger partial charge < -0.3 is 10.0 Å². The van der Waals surface area contributed by atoms with Crippen LogP contribution in [0, 0.1) is 0 Å². The van der Waals surface area contributed by atoms with Crippen LogP contribution in [-0.4, -0.2) is 34.3 Å². The van der Waals surface area contributed by atoms with E-state index >= 15 is 0 Å². The lowest BCUT2D eigenvalue weighted by molar-refractivity contribution is 0.0774. The summed E-state index contributed by atoms with van der Waals surface area (Å²) < 4.78 is 0. The van der Waals surface area contributed by atoms with Crippen molar-refractivity contribution in [3.8, 4) is 5.75 Å². The van der Waals surface area contributed by atoms with Crippen LogP contribution in [0.25, 0.3) is 0 Å². The van der Waals surface area contributed by atoms with Crippen LogP contribution in [0.5, 0.6) is 5.75 Å². The third-order valence-corrected chi connectivity index (χ3v) is 2.47. The van der Waals surface area contributed by atoms with E-state index in [2.05, 4.69) is 15.9 Å². The van der Waals surface area contributed by atoms with E-state index in [1.54, 1.807) is 23.1 Å².